The highest BCUT2D eigenvalue weighted by molar-refractivity contribution is 5.90. The van der Waals surface area contributed by atoms with E-state index in [0.29, 0.717) is 36.2 Å². The summed E-state index contributed by atoms with van der Waals surface area (Å²) in [7, 11) is 0. The van der Waals surface area contributed by atoms with Crippen molar-refractivity contribution in [2.45, 2.75) is 6.54 Å². The average molecular weight is 353 g/mol. The number of benzene rings is 1. The molecule has 1 aliphatic heterocycles. The van der Waals surface area contributed by atoms with Crippen LogP contribution in [0.4, 0.5) is 5.69 Å². The van der Waals surface area contributed by atoms with Crippen molar-refractivity contribution in [2.75, 3.05) is 18.5 Å². The SMILES string of the molecule is O=C(Cn1nc(-n2cccn2)ccc1=O)Nc1ccc2c(c1)OCCO2. The molecule has 0 saturated heterocycles. The van der Waals surface area contributed by atoms with Gasteiger partial charge in [-0.2, -0.15) is 5.10 Å². The molecule has 0 saturated carbocycles. The maximum atomic E-state index is 12.3. The summed E-state index contributed by atoms with van der Waals surface area (Å²) in [4.78, 5) is 24.3. The third-order valence-corrected chi connectivity index (χ3v) is 3.71. The Morgan fingerprint density at radius 1 is 1.15 bits per heavy atom. The van der Waals surface area contributed by atoms with Gasteiger partial charge in [-0.3, -0.25) is 9.59 Å². The normalized spacial score (nSPS) is 12.6. The van der Waals surface area contributed by atoms with Gasteiger partial charge in [0.1, 0.15) is 19.8 Å². The molecule has 1 aromatic carbocycles. The van der Waals surface area contributed by atoms with Gasteiger partial charge in [-0.25, -0.2) is 9.36 Å². The fourth-order valence-corrected chi connectivity index (χ4v) is 2.54. The second kappa shape index (κ2) is 6.71. The van der Waals surface area contributed by atoms with E-state index in [4.69, 9.17) is 9.47 Å². The Labute approximate surface area is 147 Å². The second-order valence-corrected chi connectivity index (χ2v) is 5.54. The van der Waals surface area contributed by atoms with Gasteiger partial charge in [0.15, 0.2) is 17.3 Å². The maximum absolute atomic E-state index is 12.3. The summed E-state index contributed by atoms with van der Waals surface area (Å²) in [5.74, 6) is 1.28. The molecule has 132 valence electrons. The number of aromatic nitrogens is 4. The molecule has 1 aliphatic rings. The molecule has 2 aromatic heterocycles. The number of ether oxygens (including phenoxy) is 2. The van der Waals surface area contributed by atoms with E-state index in [1.54, 1.807) is 42.7 Å². The third-order valence-electron chi connectivity index (χ3n) is 3.71. The minimum absolute atomic E-state index is 0.220. The van der Waals surface area contributed by atoms with Gasteiger partial charge in [0.2, 0.25) is 5.91 Å². The van der Waals surface area contributed by atoms with Crippen molar-refractivity contribution in [3.63, 3.8) is 0 Å². The molecule has 0 atom stereocenters. The number of rotatable bonds is 4. The molecule has 1 amide bonds. The number of amides is 1. The summed E-state index contributed by atoms with van der Waals surface area (Å²) in [5, 5.41) is 10.9. The molecular formula is C17H15N5O4. The van der Waals surface area contributed by atoms with Gasteiger partial charge in [0.25, 0.3) is 5.56 Å². The fraction of sp³-hybridized carbons (Fsp3) is 0.176. The van der Waals surface area contributed by atoms with Crippen LogP contribution in [0.25, 0.3) is 5.82 Å². The van der Waals surface area contributed by atoms with Crippen LogP contribution in [0.15, 0.2) is 53.6 Å². The van der Waals surface area contributed by atoms with E-state index in [0.717, 1.165) is 4.68 Å². The first-order valence-electron chi connectivity index (χ1n) is 7.97. The summed E-state index contributed by atoms with van der Waals surface area (Å²) in [6.07, 6.45) is 3.30. The Bertz CT molecular complexity index is 997. The molecule has 3 aromatic rings. The summed E-state index contributed by atoms with van der Waals surface area (Å²) < 4.78 is 13.5. The summed E-state index contributed by atoms with van der Waals surface area (Å²) in [5.41, 5.74) is 0.175. The Balaban J connectivity index is 1.50. The highest BCUT2D eigenvalue weighted by atomic mass is 16.6. The van der Waals surface area contributed by atoms with Crippen molar-refractivity contribution >= 4 is 11.6 Å². The second-order valence-electron chi connectivity index (χ2n) is 5.54. The number of nitrogens with zero attached hydrogens (tertiary/aromatic N) is 4. The lowest BCUT2D eigenvalue weighted by Gasteiger charge is -2.19. The van der Waals surface area contributed by atoms with E-state index < -0.39 is 0 Å². The zero-order valence-corrected chi connectivity index (χ0v) is 13.7. The zero-order chi connectivity index (χ0) is 17.9. The van der Waals surface area contributed by atoms with Crippen LogP contribution in [0, 0.1) is 0 Å². The standard InChI is InChI=1S/C17H15N5O4/c23-16(19-12-2-3-13-14(10-12)26-9-8-25-13)11-22-17(24)5-4-15(20-22)21-7-1-6-18-21/h1-7,10H,8-9,11H2,(H,19,23). The molecule has 9 heteroatoms. The molecular weight excluding hydrogens is 338 g/mol. The van der Waals surface area contributed by atoms with Crippen LogP contribution in [0.5, 0.6) is 11.5 Å². The molecule has 0 unspecified atom stereocenters. The predicted octanol–water partition coefficient (Wildman–Crippen LogP) is 0.839. The predicted molar refractivity (Wildman–Crippen MR) is 91.7 cm³/mol. The minimum atomic E-state index is -0.381. The fourth-order valence-electron chi connectivity index (χ4n) is 2.54. The molecule has 0 aliphatic carbocycles. The van der Waals surface area contributed by atoms with Gasteiger partial charge in [-0.15, -0.1) is 5.10 Å². The lowest BCUT2D eigenvalue weighted by atomic mass is 10.2. The molecule has 0 spiro atoms. The molecule has 1 N–H and O–H groups in total. The van der Waals surface area contributed by atoms with Gasteiger partial charge in [-0.1, -0.05) is 0 Å². The van der Waals surface area contributed by atoms with Crippen LogP contribution in [0.3, 0.4) is 0 Å². The Hall–Kier alpha value is -3.62. The molecule has 26 heavy (non-hydrogen) atoms. The monoisotopic (exact) mass is 353 g/mol. The van der Waals surface area contributed by atoms with Crippen molar-refractivity contribution in [3.05, 3.63) is 59.1 Å². The van der Waals surface area contributed by atoms with Gasteiger partial charge in [0.05, 0.1) is 0 Å². The number of carbonyl (C=O) groups excluding carboxylic acids is 1. The Morgan fingerprint density at radius 2 is 2.00 bits per heavy atom. The largest absolute Gasteiger partial charge is 0.486 e. The van der Waals surface area contributed by atoms with Crippen LogP contribution in [-0.4, -0.2) is 38.7 Å². The Kier molecular flexibility index (Phi) is 4.10. The van der Waals surface area contributed by atoms with Gasteiger partial charge in [-0.05, 0) is 24.3 Å². The molecule has 9 nitrogen and oxygen atoms in total. The molecule has 4 rings (SSSR count). The van der Waals surface area contributed by atoms with Crippen LogP contribution in [0.1, 0.15) is 0 Å². The van der Waals surface area contributed by atoms with Crippen molar-refractivity contribution < 1.29 is 14.3 Å². The highest BCUT2D eigenvalue weighted by Crippen LogP contribution is 2.32. The minimum Gasteiger partial charge on any atom is -0.486 e. The van der Waals surface area contributed by atoms with E-state index in [1.807, 2.05) is 0 Å². The topological polar surface area (TPSA) is 100 Å². The van der Waals surface area contributed by atoms with E-state index in [9.17, 15) is 9.59 Å². The lowest BCUT2D eigenvalue weighted by molar-refractivity contribution is -0.117. The van der Waals surface area contributed by atoms with Crippen molar-refractivity contribution in [1.82, 2.24) is 19.6 Å². The van der Waals surface area contributed by atoms with E-state index in [2.05, 4.69) is 15.5 Å². The van der Waals surface area contributed by atoms with Crippen LogP contribution in [-0.2, 0) is 11.3 Å². The smallest absolute Gasteiger partial charge is 0.267 e. The van der Waals surface area contributed by atoms with E-state index >= 15 is 0 Å². The first kappa shape index (κ1) is 15.9. The van der Waals surface area contributed by atoms with Gasteiger partial charge in [0, 0.05) is 30.2 Å². The molecule has 3 heterocycles. The molecule has 0 fully saturated rings. The molecule has 0 bridgehead atoms. The number of fused-ring (bicyclic) bond motifs is 1. The van der Waals surface area contributed by atoms with Crippen LogP contribution < -0.4 is 20.3 Å². The third kappa shape index (κ3) is 3.27. The van der Waals surface area contributed by atoms with E-state index in [-0.39, 0.29) is 18.0 Å². The zero-order valence-electron chi connectivity index (χ0n) is 13.7. The number of nitrogens with one attached hydrogen (secondary N) is 1. The first-order valence-corrected chi connectivity index (χ1v) is 7.97. The number of hydrogen-bond donors (Lipinski definition) is 1. The summed E-state index contributed by atoms with van der Waals surface area (Å²) in [6, 6.07) is 9.76. The van der Waals surface area contributed by atoms with Crippen molar-refractivity contribution in [3.8, 4) is 17.3 Å². The van der Waals surface area contributed by atoms with Crippen molar-refractivity contribution in [1.29, 1.82) is 0 Å². The number of anilines is 1. The van der Waals surface area contributed by atoms with E-state index in [1.165, 1.54) is 10.7 Å². The number of carbonyl (C=O) groups is 1. The summed E-state index contributed by atoms with van der Waals surface area (Å²) >= 11 is 0. The Morgan fingerprint density at radius 3 is 2.81 bits per heavy atom. The maximum Gasteiger partial charge on any atom is 0.267 e. The average Bonchev–Trinajstić information content (AvgIpc) is 3.18. The van der Waals surface area contributed by atoms with Gasteiger partial charge >= 0.3 is 0 Å². The quantitative estimate of drug-likeness (QED) is 0.746. The first-order chi connectivity index (χ1) is 12.7. The number of hydrogen-bond acceptors (Lipinski definition) is 6. The summed E-state index contributed by atoms with van der Waals surface area (Å²) in [6.45, 7) is 0.742. The van der Waals surface area contributed by atoms with Crippen LogP contribution >= 0.6 is 0 Å². The van der Waals surface area contributed by atoms with Gasteiger partial charge < -0.3 is 14.8 Å². The highest BCUT2D eigenvalue weighted by Gasteiger charge is 2.13. The lowest BCUT2D eigenvalue weighted by Crippen LogP contribution is -2.30. The van der Waals surface area contributed by atoms with Crippen molar-refractivity contribution in [2.24, 2.45) is 0 Å². The van der Waals surface area contributed by atoms with Crippen LogP contribution in [0.2, 0.25) is 0 Å². The molecule has 0 radical (unpaired) electrons.